The largest absolute Gasteiger partial charge is 0.494 e. The second-order valence-electron chi connectivity index (χ2n) is 9.61. The number of aryl methyl sites for hydroxylation is 1. The van der Waals surface area contributed by atoms with E-state index >= 15 is 0 Å². The molecule has 0 heterocycles. The van der Waals surface area contributed by atoms with E-state index in [0.717, 1.165) is 21.9 Å². The number of amides is 2. The van der Waals surface area contributed by atoms with Gasteiger partial charge in [-0.3, -0.25) is 13.9 Å². The number of anilines is 1. The van der Waals surface area contributed by atoms with Gasteiger partial charge in [0.2, 0.25) is 11.8 Å². The molecule has 0 saturated carbocycles. The van der Waals surface area contributed by atoms with Crippen LogP contribution in [-0.2, 0) is 26.2 Å². The molecule has 3 aromatic carbocycles. The normalized spacial score (nSPS) is 11.9. The third-order valence-corrected chi connectivity index (χ3v) is 8.56. The van der Waals surface area contributed by atoms with E-state index in [1.54, 1.807) is 24.3 Å². The average Bonchev–Trinajstić information content (AvgIpc) is 2.96. The fraction of sp³-hybridized carbons (Fsp3) is 0.355. The number of benzene rings is 3. The minimum atomic E-state index is -4.18. The molecule has 0 saturated heterocycles. The van der Waals surface area contributed by atoms with Gasteiger partial charge in [-0.1, -0.05) is 55.3 Å². The van der Waals surface area contributed by atoms with Gasteiger partial charge < -0.3 is 15.0 Å². The highest BCUT2D eigenvalue weighted by molar-refractivity contribution is 7.92. The number of halogens is 1. The smallest absolute Gasteiger partial charge is 0.264 e. The van der Waals surface area contributed by atoms with Crippen LogP contribution in [0, 0.1) is 6.92 Å². The van der Waals surface area contributed by atoms with Crippen molar-refractivity contribution in [2.75, 3.05) is 24.0 Å². The van der Waals surface area contributed by atoms with Gasteiger partial charge in [0.1, 0.15) is 18.3 Å². The summed E-state index contributed by atoms with van der Waals surface area (Å²) in [5, 5.41) is 3.28. The number of hydrogen-bond acceptors (Lipinski definition) is 5. The van der Waals surface area contributed by atoms with Crippen molar-refractivity contribution in [1.29, 1.82) is 0 Å². The first-order chi connectivity index (χ1) is 19.6. The molecule has 0 aliphatic heterocycles. The van der Waals surface area contributed by atoms with Crippen molar-refractivity contribution in [1.82, 2.24) is 10.2 Å². The molecule has 0 aliphatic carbocycles. The topological polar surface area (TPSA) is 96.0 Å². The van der Waals surface area contributed by atoms with Crippen LogP contribution in [0.15, 0.2) is 77.7 Å². The minimum Gasteiger partial charge on any atom is -0.494 e. The molecule has 41 heavy (non-hydrogen) atoms. The van der Waals surface area contributed by atoms with E-state index < -0.39 is 28.5 Å². The van der Waals surface area contributed by atoms with Crippen molar-refractivity contribution in [3.63, 3.8) is 0 Å². The lowest BCUT2D eigenvalue weighted by Crippen LogP contribution is -2.52. The Balaban J connectivity index is 2.04. The molecule has 220 valence electrons. The first kappa shape index (κ1) is 32.0. The summed E-state index contributed by atoms with van der Waals surface area (Å²) in [6.07, 6.45) is 1.11. The standard InChI is InChI=1S/C31H38ClN3O5S/c1-5-20-33-31(37)29(6-2)34(21-24-10-8-23(4)9-11-24)30(36)22-35(26-14-16-27(17-15-26)40-7-3)41(38,39)28-18-12-25(32)13-19-28/h8-19,29H,5-7,20-22H2,1-4H3,(H,33,37)/t29-/m0/s1. The molecule has 0 unspecified atom stereocenters. The second kappa shape index (κ2) is 14.9. The van der Waals surface area contributed by atoms with Gasteiger partial charge >= 0.3 is 0 Å². The number of nitrogens with one attached hydrogen (secondary N) is 1. The Hall–Kier alpha value is -3.56. The van der Waals surface area contributed by atoms with Gasteiger partial charge in [-0.05, 0) is 80.8 Å². The molecule has 0 radical (unpaired) electrons. The number of ether oxygens (including phenoxy) is 1. The van der Waals surface area contributed by atoms with Crippen LogP contribution < -0.4 is 14.4 Å². The van der Waals surface area contributed by atoms with Crippen molar-refractivity contribution < 1.29 is 22.7 Å². The maximum absolute atomic E-state index is 14.1. The fourth-order valence-electron chi connectivity index (χ4n) is 4.31. The van der Waals surface area contributed by atoms with Crippen LogP contribution in [0.5, 0.6) is 5.75 Å². The summed E-state index contributed by atoms with van der Waals surface area (Å²) in [5.74, 6) is -0.204. The predicted octanol–water partition coefficient (Wildman–Crippen LogP) is 5.58. The van der Waals surface area contributed by atoms with E-state index in [2.05, 4.69) is 5.32 Å². The lowest BCUT2D eigenvalue weighted by Gasteiger charge is -2.33. The van der Waals surface area contributed by atoms with Crippen LogP contribution in [-0.4, -0.2) is 50.9 Å². The molecule has 0 aliphatic rings. The summed E-state index contributed by atoms with van der Waals surface area (Å²) in [5.41, 5.74) is 2.18. The molecule has 1 atom stereocenters. The highest BCUT2D eigenvalue weighted by Gasteiger charge is 2.33. The van der Waals surface area contributed by atoms with Crippen molar-refractivity contribution >= 4 is 39.1 Å². The summed E-state index contributed by atoms with van der Waals surface area (Å²) >= 11 is 6.01. The van der Waals surface area contributed by atoms with Gasteiger partial charge in [0.25, 0.3) is 10.0 Å². The van der Waals surface area contributed by atoms with Crippen molar-refractivity contribution in [2.45, 2.75) is 58.0 Å². The molecule has 8 nitrogen and oxygen atoms in total. The Morgan fingerprint density at radius 1 is 0.927 bits per heavy atom. The number of hydrogen-bond donors (Lipinski definition) is 1. The van der Waals surface area contributed by atoms with Gasteiger partial charge in [0, 0.05) is 18.1 Å². The summed E-state index contributed by atoms with van der Waals surface area (Å²) in [4.78, 5) is 28.7. The summed E-state index contributed by atoms with van der Waals surface area (Å²) < 4.78 is 34.4. The summed E-state index contributed by atoms with van der Waals surface area (Å²) in [6, 6.07) is 19.2. The van der Waals surface area contributed by atoms with Crippen LogP contribution in [0.4, 0.5) is 5.69 Å². The van der Waals surface area contributed by atoms with E-state index in [9.17, 15) is 18.0 Å². The molecular weight excluding hydrogens is 562 g/mol. The Kier molecular flexibility index (Phi) is 11.6. The SMILES string of the molecule is CCCNC(=O)[C@H](CC)N(Cc1ccc(C)cc1)C(=O)CN(c1ccc(OCC)cc1)S(=O)(=O)c1ccc(Cl)cc1. The zero-order chi connectivity index (χ0) is 30.0. The number of carbonyl (C=O) groups is 2. The number of rotatable bonds is 14. The van der Waals surface area contributed by atoms with E-state index in [4.69, 9.17) is 16.3 Å². The zero-order valence-electron chi connectivity index (χ0n) is 24.0. The molecule has 3 rings (SSSR count). The lowest BCUT2D eigenvalue weighted by molar-refractivity contribution is -0.140. The third kappa shape index (κ3) is 8.47. The average molecular weight is 600 g/mol. The van der Waals surface area contributed by atoms with Gasteiger partial charge in [-0.2, -0.15) is 0 Å². The van der Waals surface area contributed by atoms with Gasteiger partial charge in [-0.25, -0.2) is 8.42 Å². The minimum absolute atomic E-state index is 0.0126. The van der Waals surface area contributed by atoms with E-state index in [0.29, 0.717) is 30.3 Å². The molecule has 0 spiro atoms. The highest BCUT2D eigenvalue weighted by atomic mass is 35.5. The monoisotopic (exact) mass is 599 g/mol. The van der Waals surface area contributed by atoms with Crippen LogP contribution in [0.2, 0.25) is 5.02 Å². The molecule has 0 bridgehead atoms. The summed E-state index contributed by atoms with van der Waals surface area (Å²) in [7, 11) is -4.18. The van der Waals surface area contributed by atoms with Crippen molar-refractivity contribution in [2.24, 2.45) is 0 Å². The quantitative estimate of drug-likeness (QED) is 0.261. The van der Waals surface area contributed by atoms with E-state index in [1.807, 2.05) is 52.0 Å². The van der Waals surface area contributed by atoms with Crippen LogP contribution >= 0.6 is 11.6 Å². The fourth-order valence-corrected chi connectivity index (χ4v) is 5.85. The predicted molar refractivity (Wildman–Crippen MR) is 163 cm³/mol. The highest BCUT2D eigenvalue weighted by Crippen LogP contribution is 2.27. The lowest BCUT2D eigenvalue weighted by atomic mass is 10.1. The van der Waals surface area contributed by atoms with Crippen LogP contribution in [0.25, 0.3) is 0 Å². The number of sulfonamides is 1. The zero-order valence-corrected chi connectivity index (χ0v) is 25.5. The molecule has 0 aromatic heterocycles. The maximum Gasteiger partial charge on any atom is 0.264 e. The number of nitrogens with zero attached hydrogens (tertiary/aromatic N) is 2. The molecule has 10 heteroatoms. The van der Waals surface area contributed by atoms with Gasteiger partial charge in [0.05, 0.1) is 17.2 Å². The Bertz CT molecular complexity index is 1400. The molecular formula is C31H38ClN3O5S. The third-order valence-electron chi connectivity index (χ3n) is 6.52. The van der Waals surface area contributed by atoms with Crippen LogP contribution in [0.1, 0.15) is 44.7 Å². The molecule has 1 N–H and O–H groups in total. The molecule has 3 aromatic rings. The van der Waals surface area contributed by atoms with Crippen LogP contribution in [0.3, 0.4) is 0 Å². The van der Waals surface area contributed by atoms with Gasteiger partial charge in [-0.15, -0.1) is 0 Å². The molecule has 0 fully saturated rings. The van der Waals surface area contributed by atoms with E-state index in [1.165, 1.54) is 29.2 Å². The van der Waals surface area contributed by atoms with E-state index in [-0.39, 0.29) is 23.0 Å². The second-order valence-corrected chi connectivity index (χ2v) is 11.9. The Labute approximate surface area is 248 Å². The van der Waals surface area contributed by atoms with Gasteiger partial charge in [0.15, 0.2) is 0 Å². The first-order valence-corrected chi connectivity index (χ1v) is 15.6. The summed E-state index contributed by atoms with van der Waals surface area (Å²) in [6.45, 7) is 8.18. The Morgan fingerprint density at radius 3 is 2.12 bits per heavy atom. The first-order valence-electron chi connectivity index (χ1n) is 13.7. The van der Waals surface area contributed by atoms with Crippen molar-refractivity contribution in [3.8, 4) is 5.75 Å². The molecule has 2 amide bonds. The Morgan fingerprint density at radius 2 is 1.56 bits per heavy atom. The maximum atomic E-state index is 14.1. The van der Waals surface area contributed by atoms with Crippen molar-refractivity contribution in [3.05, 3.63) is 88.9 Å². The number of carbonyl (C=O) groups excluding carboxylic acids is 2.